The lowest BCUT2D eigenvalue weighted by Crippen LogP contribution is -2.02. The van der Waals surface area contributed by atoms with Crippen molar-refractivity contribution in [3.8, 4) is 11.5 Å². The SMILES string of the molecule is O=C(c1ccc2oc(-c3ccccc3)nc2n1)c1ccco1. The molecular formula is C17H10N2O3. The highest BCUT2D eigenvalue weighted by Crippen LogP contribution is 2.23. The minimum atomic E-state index is -0.281. The number of pyridine rings is 1. The predicted molar refractivity (Wildman–Crippen MR) is 79.4 cm³/mol. The Balaban J connectivity index is 1.77. The Morgan fingerprint density at radius 3 is 2.55 bits per heavy atom. The Labute approximate surface area is 125 Å². The van der Waals surface area contributed by atoms with Crippen molar-refractivity contribution in [1.82, 2.24) is 9.97 Å². The molecule has 0 unspecified atom stereocenters. The van der Waals surface area contributed by atoms with Crippen molar-refractivity contribution < 1.29 is 13.6 Å². The monoisotopic (exact) mass is 290 g/mol. The van der Waals surface area contributed by atoms with Gasteiger partial charge in [-0.15, -0.1) is 0 Å². The summed E-state index contributed by atoms with van der Waals surface area (Å²) in [4.78, 5) is 20.8. The molecule has 106 valence electrons. The molecule has 4 rings (SSSR count). The van der Waals surface area contributed by atoms with Crippen molar-refractivity contribution >= 4 is 17.0 Å². The van der Waals surface area contributed by atoms with Gasteiger partial charge >= 0.3 is 0 Å². The maximum Gasteiger partial charge on any atom is 0.246 e. The minimum absolute atomic E-state index is 0.249. The van der Waals surface area contributed by atoms with Gasteiger partial charge in [-0.05, 0) is 36.4 Å². The molecule has 1 aromatic carbocycles. The molecule has 0 aliphatic carbocycles. The summed E-state index contributed by atoms with van der Waals surface area (Å²) in [5.41, 5.74) is 2.07. The van der Waals surface area contributed by atoms with Crippen molar-refractivity contribution in [3.05, 3.63) is 72.3 Å². The van der Waals surface area contributed by atoms with E-state index in [9.17, 15) is 4.79 Å². The highest BCUT2D eigenvalue weighted by Gasteiger charge is 2.16. The van der Waals surface area contributed by atoms with Crippen LogP contribution in [-0.2, 0) is 0 Å². The largest absolute Gasteiger partial charge is 0.461 e. The van der Waals surface area contributed by atoms with E-state index in [1.165, 1.54) is 6.26 Å². The molecule has 0 saturated heterocycles. The Hall–Kier alpha value is -3.21. The van der Waals surface area contributed by atoms with Crippen LogP contribution in [0.5, 0.6) is 0 Å². The van der Waals surface area contributed by atoms with Gasteiger partial charge in [0.2, 0.25) is 11.7 Å². The van der Waals surface area contributed by atoms with E-state index in [1.54, 1.807) is 24.3 Å². The van der Waals surface area contributed by atoms with Crippen molar-refractivity contribution in [2.24, 2.45) is 0 Å². The fourth-order valence-electron chi connectivity index (χ4n) is 2.18. The molecule has 0 atom stereocenters. The molecule has 0 aliphatic rings. The highest BCUT2D eigenvalue weighted by molar-refractivity contribution is 6.06. The average Bonchev–Trinajstić information content (AvgIpc) is 3.23. The number of hydrogen-bond acceptors (Lipinski definition) is 5. The molecule has 5 heteroatoms. The molecule has 3 heterocycles. The van der Waals surface area contributed by atoms with E-state index in [2.05, 4.69) is 9.97 Å². The molecular weight excluding hydrogens is 280 g/mol. The van der Waals surface area contributed by atoms with Crippen LogP contribution in [0.4, 0.5) is 0 Å². The normalized spacial score (nSPS) is 10.9. The number of carbonyl (C=O) groups is 1. The molecule has 0 spiro atoms. The summed E-state index contributed by atoms with van der Waals surface area (Å²) < 4.78 is 10.8. The Bertz CT molecular complexity index is 941. The minimum Gasteiger partial charge on any atom is -0.461 e. The van der Waals surface area contributed by atoms with Gasteiger partial charge in [-0.25, -0.2) is 4.98 Å². The van der Waals surface area contributed by atoms with Crippen LogP contribution in [0.25, 0.3) is 22.7 Å². The first-order valence-electron chi connectivity index (χ1n) is 6.72. The van der Waals surface area contributed by atoms with Crippen LogP contribution in [0.3, 0.4) is 0 Å². The summed E-state index contributed by atoms with van der Waals surface area (Å²) in [5, 5.41) is 0. The van der Waals surface area contributed by atoms with Crippen molar-refractivity contribution in [1.29, 1.82) is 0 Å². The number of oxazole rings is 1. The van der Waals surface area contributed by atoms with Crippen LogP contribution in [0.15, 0.2) is 69.7 Å². The zero-order valence-corrected chi connectivity index (χ0v) is 11.4. The first kappa shape index (κ1) is 12.5. The van der Waals surface area contributed by atoms with Gasteiger partial charge in [-0.3, -0.25) is 4.79 Å². The van der Waals surface area contributed by atoms with Gasteiger partial charge in [0.25, 0.3) is 0 Å². The predicted octanol–water partition coefficient (Wildman–Crippen LogP) is 3.71. The number of aromatic nitrogens is 2. The second-order valence-corrected chi connectivity index (χ2v) is 4.71. The van der Waals surface area contributed by atoms with Crippen LogP contribution in [0.2, 0.25) is 0 Å². The van der Waals surface area contributed by atoms with Gasteiger partial charge < -0.3 is 8.83 Å². The molecule has 0 fully saturated rings. The molecule has 0 saturated carbocycles. The molecule has 0 N–H and O–H groups in total. The van der Waals surface area contributed by atoms with Crippen molar-refractivity contribution in [2.75, 3.05) is 0 Å². The molecule has 22 heavy (non-hydrogen) atoms. The number of carbonyl (C=O) groups excluding carboxylic acids is 1. The first-order chi connectivity index (χ1) is 10.8. The van der Waals surface area contributed by atoms with Gasteiger partial charge in [0, 0.05) is 5.56 Å². The second-order valence-electron chi connectivity index (χ2n) is 4.71. The zero-order valence-electron chi connectivity index (χ0n) is 11.4. The van der Waals surface area contributed by atoms with Crippen LogP contribution in [-0.4, -0.2) is 15.8 Å². The maximum absolute atomic E-state index is 12.2. The highest BCUT2D eigenvalue weighted by atomic mass is 16.3. The molecule has 5 nitrogen and oxygen atoms in total. The van der Waals surface area contributed by atoms with Crippen molar-refractivity contribution in [3.63, 3.8) is 0 Å². The standard InChI is InChI=1S/C17H10N2O3/c20-15(13-7-4-10-21-13)12-8-9-14-16(18-12)19-17(22-14)11-5-2-1-3-6-11/h1-10H. The van der Waals surface area contributed by atoms with E-state index in [0.29, 0.717) is 17.1 Å². The number of hydrogen-bond donors (Lipinski definition) is 0. The molecule has 4 aromatic rings. The topological polar surface area (TPSA) is 69.1 Å². The molecule has 0 radical (unpaired) electrons. The number of benzene rings is 1. The van der Waals surface area contributed by atoms with Crippen molar-refractivity contribution in [2.45, 2.75) is 0 Å². The summed E-state index contributed by atoms with van der Waals surface area (Å²) in [7, 11) is 0. The number of nitrogens with zero attached hydrogens (tertiary/aromatic N) is 2. The summed E-state index contributed by atoms with van der Waals surface area (Å²) in [6.07, 6.45) is 1.45. The summed E-state index contributed by atoms with van der Waals surface area (Å²) in [5.74, 6) is 0.445. The Morgan fingerprint density at radius 1 is 0.909 bits per heavy atom. The van der Waals surface area contributed by atoms with E-state index >= 15 is 0 Å². The lowest BCUT2D eigenvalue weighted by molar-refractivity contribution is 0.100. The number of rotatable bonds is 3. The maximum atomic E-state index is 12.2. The van der Waals surface area contributed by atoms with Gasteiger partial charge in [0.15, 0.2) is 17.0 Å². The third-order valence-corrected chi connectivity index (χ3v) is 3.25. The van der Waals surface area contributed by atoms with Crippen LogP contribution in [0, 0.1) is 0 Å². The van der Waals surface area contributed by atoms with Crippen LogP contribution in [0.1, 0.15) is 16.2 Å². The van der Waals surface area contributed by atoms with Gasteiger partial charge in [0.1, 0.15) is 5.69 Å². The third kappa shape index (κ3) is 2.09. The van der Waals surface area contributed by atoms with E-state index in [1.807, 2.05) is 30.3 Å². The lowest BCUT2D eigenvalue weighted by atomic mass is 10.2. The quantitative estimate of drug-likeness (QED) is 0.538. The van der Waals surface area contributed by atoms with Crippen LogP contribution >= 0.6 is 0 Å². The molecule has 0 bridgehead atoms. The van der Waals surface area contributed by atoms with Gasteiger partial charge in [-0.2, -0.15) is 4.98 Å². The molecule has 0 aliphatic heterocycles. The zero-order chi connectivity index (χ0) is 14.9. The van der Waals surface area contributed by atoms with Gasteiger partial charge in [0.05, 0.1) is 6.26 Å². The number of fused-ring (bicyclic) bond motifs is 1. The summed E-state index contributed by atoms with van der Waals surface area (Å²) >= 11 is 0. The first-order valence-corrected chi connectivity index (χ1v) is 6.72. The van der Waals surface area contributed by atoms with Gasteiger partial charge in [-0.1, -0.05) is 18.2 Å². The lowest BCUT2D eigenvalue weighted by Gasteiger charge is -1.95. The van der Waals surface area contributed by atoms with E-state index in [-0.39, 0.29) is 17.2 Å². The Morgan fingerprint density at radius 2 is 1.77 bits per heavy atom. The van der Waals surface area contributed by atoms with Crippen LogP contribution < -0.4 is 0 Å². The van der Waals surface area contributed by atoms with E-state index < -0.39 is 0 Å². The fourth-order valence-corrected chi connectivity index (χ4v) is 2.18. The summed E-state index contributed by atoms with van der Waals surface area (Å²) in [6.45, 7) is 0. The third-order valence-electron chi connectivity index (χ3n) is 3.25. The van der Waals surface area contributed by atoms with E-state index in [4.69, 9.17) is 8.83 Å². The molecule has 0 amide bonds. The number of ketones is 1. The fraction of sp³-hybridized carbons (Fsp3) is 0. The number of furan rings is 1. The molecule has 3 aromatic heterocycles. The second kappa shape index (κ2) is 4.96. The summed E-state index contributed by atoms with van der Waals surface area (Å²) in [6, 6.07) is 16.1. The smallest absolute Gasteiger partial charge is 0.246 e. The van der Waals surface area contributed by atoms with E-state index in [0.717, 1.165) is 5.56 Å². The average molecular weight is 290 g/mol. The Kier molecular flexibility index (Phi) is 2.83.